The lowest BCUT2D eigenvalue weighted by molar-refractivity contribution is -0.159. The quantitative estimate of drug-likeness (QED) is 0.642. The van der Waals surface area contributed by atoms with E-state index < -0.39 is 12.1 Å². The highest BCUT2D eigenvalue weighted by atomic mass is 19.4. The minimum Gasteiger partial charge on any atom is -0.399 e. The van der Waals surface area contributed by atoms with Crippen molar-refractivity contribution in [2.24, 2.45) is 5.16 Å². The first kappa shape index (κ1) is 14.0. The summed E-state index contributed by atoms with van der Waals surface area (Å²) in [5, 5.41) is 6.94. The summed E-state index contributed by atoms with van der Waals surface area (Å²) in [5.41, 5.74) is 1.89. The predicted molar refractivity (Wildman–Crippen MR) is 64.1 cm³/mol. The smallest absolute Gasteiger partial charge is 0.399 e. The standard InChI is InChI=1S/C12H10F3N3O2/c1-7-5-8(6-16-19-2)3-4-9(7)10-17-11(20-18-10)12(13,14)15/h3-6H,1-2H3. The van der Waals surface area contributed by atoms with Crippen molar-refractivity contribution in [3.05, 3.63) is 35.2 Å². The first-order chi connectivity index (χ1) is 9.41. The van der Waals surface area contributed by atoms with Gasteiger partial charge in [-0.1, -0.05) is 22.4 Å². The molecule has 0 saturated carbocycles. The third-order valence-corrected chi connectivity index (χ3v) is 2.47. The van der Waals surface area contributed by atoms with Crippen molar-refractivity contribution in [3.8, 4) is 11.4 Å². The van der Waals surface area contributed by atoms with E-state index in [1.165, 1.54) is 13.3 Å². The highest BCUT2D eigenvalue weighted by Gasteiger charge is 2.38. The zero-order valence-electron chi connectivity index (χ0n) is 10.6. The molecule has 0 saturated heterocycles. The molecule has 8 heteroatoms. The maximum absolute atomic E-state index is 12.4. The summed E-state index contributed by atoms with van der Waals surface area (Å²) in [4.78, 5) is 7.89. The summed E-state index contributed by atoms with van der Waals surface area (Å²) in [6.45, 7) is 1.73. The van der Waals surface area contributed by atoms with Gasteiger partial charge >= 0.3 is 12.1 Å². The molecule has 0 unspecified atom stereocenters. The Morgan fingerprint density at radius 2 is 2.10 bits per heavy atom. The fourth-order valence-electron chi connectivity index (χ4n) is 1.58. The zero-order chi connectivity index (χ0) is 14.8. The number of rotatable bonds is 3. The molecule has 1 aromatic carbocycles. The van der Waals surface area contributed by atoms with Gasteiger partial charge < -0.3 is 9.36 Å². The summed E-state index contributed by atoms with van der Waals surface area (Å²) in [6.07, 6.45) is -3.17. The number of alkyl halides is 3. The van der Waals surface area contributed by atoms with E-state index in [4.69, 9.17) is 0 Å². The van der Waals surface area contributed by atoms with Crippen LogP contribution in [0.3, 0.4) is 0 Å². The van der Waals surface area contributed by atoms with Crippen LogP contribution in [0.5, 0.6) is 0 Å². The van der Waals surface area contributed by atoms with Gasteiger partial charge in [0.05, 0.1) is 6.21 Å². The zero-order valence-corrected chi connectivity index (χ0v) is 10.6. The molecule has 0 radical (unpaired) electrons. The van der Waals surface area contributed by atoms with Gasteiger partial charge in [0.2, 0.25) is 5.82 Å². The fraction of sp³-hybridized carbons (Fsp3) is 0.250. The minimum absolute atomic E-state index is 0.106. The van der Waals surface area contributed by atoms with E-state index in [1.54, 1.807) is 25.1 Å². The molecule has 0 N–H and O–H groups in total. The molecule has 0 spiro atoms. The molecule has 0 aliphatic carbocycles. The molecule has 0 amide bonds. The Kier molecular flexibility index (Phi) is 3.73. The molecule has 0 bridgehead atoms. The van der Waals surface area contributed by atoms with Crippen molar-refractivity contribution in [2.45, 2.75) is 13.1 Å². The van der Waals surface area contributed by atoms with E-state index in [9.17, 15) is 13.2 Å². The number of benzene rings is 1. The SMILES string of the molecule is CON=Cc1ccc(-c2noc(C(F)(F)F)n2)c(C)c1. The first-order valence-electron chi connectivity index (χ1n) is 5.50. The van der Waals surface area contributed by atoms with Gasteiger partial charge in [-0.2, -0.15) is 18.2 Å². The summed E-state index contributed by atoms with van der Waals surface area (Å²) >= 11 is 0. The van der Waals surface area contributed by atoms with E-state index in [0.717, 1.165) is 5.56 Å². The van der Waals surface area contributed by atoms with E-state index in [1.807, 2.05) is 0 Å². The Morgan fingerprint density at radius 3 is 2.65 bits per heavy atom. The molecule has 0 aliphatic rings. The lowest BCUT2D eigenvalue weighted by Gasteiger charge is -2.02. The van der Waals surface area contributed by atoms with Crippen LogP contribution in [0.2, 0.25) is 0 Å². The van der Waals surface area contributed by atoms with E-state index in [-0.39, 0.29) is 5.82 Å². The average molecular weight is 285 g/mol. The van der Waals surface area contributed by atoms with Gasteiger partial charge in [0.25, 0.3) is 0 Å². The number of aromatic nitrogens is 2. The van der Waals surface area contributed by atoms with Crippen LogP contribution in [0, 0.1) is 6.92 Å². The van der Waals surface area contributed by atoms with Crippen LogP contribution in [0.4, 0.5) is 13.2 Å². The highest BCUT2D eigenvalue weighted by Crippen LogP contribution is 2.30. The van der Waals surface area contributed by atoms with Crippen molar-refractivity contribution in [1.29, 1.82) is 0 Å². The lowest BCUT2D eigenvalue weighted by Crippen LogP contribution is -2.04. The number of aryl methyl sites for hydroxylation is 1. The second kappa shape index (κ2) is 5.32. The summed E-state index contributed by atoms with van der Waals surface area (Å²) in [7, 11) is 1.41. The molecule has 0 atom stereocenters. The molecule has 20 heavy (non-hydrogen) atoms. The van der Waals surface area contributed by atoms with Crippen molar-refractivity contribution in [2.75, 3.05) is 7.11 Å². The molecule has 106 valence electrons. The van der Waals surface area contributed by atoms with Gasteiger partial charge in [-0.25, -0.2) is 0 Å². The topological polar surface area (TPSA) is 60.5 Å². The van der Waals surface area contributed by atoms with Crippen molar-refractivity contribution >= 4 is 6.21 Å². The molecule has 2 aromatic rings. The van der Waals surface area contributed by atoms with E-state index in [0.29, 0.717) is 11.1 Å². The Balaban J connectivity index is 2.34. The fourth-order valence-corrected chi connectivity index (χ4v) is 1.58. The normalized spacial score (nSPS) is 12.1. The summed E-state index contributed by atoms with van der Waals surface area (Å²) in [6, 6.07) is 4.98. The Labute approximate surface area is 112 Å². The Morgan fingerprint density at radius 1 is 1.35 bits per heavy atom. The monoisotopic (exact) mass is 285 g/mol. The Bertz CT molecular complexity index is 635. The van der Waals surface area contributed by atoms with Crippen LogP contribution in [-0.4, -0.2) is 23.5 Å². The van der Waals surface area contributed by atoms with Crippen LogP contribution in [0.25, 0.3) is 11.4 Å². The molecule has 0 aliphatic heterocycles. The van der Waals surface area contributed by atoms with Gasteiger partial charge in [0, 0.05) is 5.56 Å². The minimum atomic E-state index is -4.65. The van der Waals surface area contributed by atoms with Gasteiger partial charge in [-0.3, -0.25) is 0 Å². The Hall–Kier alpha value is -2.38. The molecule has 2 rings (SSSR count). The molecule has 1 heterocycles. The molecule has 5 nitrogen and oxygen atoms in total. The van der Waals surface area contributed by atoms with Crippen molar-refractivity contribution < 1.29 is 22.5 Å². The van der Waals surface area contributed by atoms with Gasteiger partial charge in [0.15, 0.2) is 0 Å². The first-order valence-corrected chi connectivity index (χ1v) is 5.50. The predicted octanol–water partition coefficient (Wildman–Crippen LogP) is 3.04. The van der Waals surface area contributed by atoms with Crippen LogP contribution in [0.15, 0.2) is 27.9 Å². The van der Waals surface area contributed by atoms with Gasteiger partial charge in [-0.05, 0) is 24.1 Å². The summed E-state index contributed by atoms with van der Waals surface area (Å²) in [5.74, 6) is -1.47. The average Bonchev–Trinajstić information content (AvgIpc) is 2.85. The van der Waals surface area contributed by atoms with Gasteiger partial charge in [-0.15, -0.1) is 0 Å². The van der Waals surface area contributed by atoms with Gasteiger partial charge in [0.1, 0.15) is 7.11 Å². The molecule has 1 aromatic heterocycles. The third-order valence-electron chi connectivity index (χ3n) is 2.47. The van der Waals surface area contributed by atoms with Crippen LogP contribution < -0.4 is 0 Å². The number of oxime groups is 1. The lowest BCUT2D eigenvalue weighted by atomic mass is 10.1. The number of nitrogens with zero attached hydrogens (tertiary/aromatic N) is 3. The van der Waals surface area contributed by atoms with E-state index >= 15 is 0 Å². The number of hydrogen-bond acceptors (Lipinski definition) is 5. The van der Waals surface area contributed by atoms with Crippen molar-refractivity contribution in [3.63, 3.8) is 0 Å². The molecule has 0 fully saturated rings. The highest BCUT2D eigenvalue weighted by molar-refractivity contribution is 5.81. The maximum atomic E-state index is 12.4. The third kappa shape index (κ3) is 2.95. The largest absolute Gasteiger partial charge is 0.471 e. The molecular formula is C12H10F3N3O2. The van der Waals surface area contributed by atoms with Crippen LogP contribution in [0.1, 0.15) is 17.0 Å². The number of hydrogen-bond donors (Lipinski definition) is 0. The maximum Gasteiger partial charge on any atom is 0.471 e. The van der Waals surface area contributed by atoms with Crippen LogP contribution in [-0.2, 0) is 11.0 Å². The second-order valence-corrected chi connectivity index (χ2v) is 3.91. The van der Waals surface area contributed by atoms with Crippen LogP contribution >= 0.6 is 0 Å². The number of halogens is 3. The molecular weight excluding hydrogens is 275 g/mol. The van der Waals surface area contributed by atoms with E-state index in [2.05, 4.69) is 24.7 Å². The van der Waals surface area contributed by atoms with Crippen molar-refractivity contribution in [1.82, 2.24) is 10.1 Å². The summed E-state index contributed by atoms with van der Waals surface area (Å²) < 4.78 is 41.4. The second-order valence-electron chi connectivity index (χ2n) is 3.91.